The molecule has 1 aromatic carbocycles. The lowest BCUT2D eigenvalue weighted by Crippen LogP contribution is -2.45. The molecule has 0 spiro atoms. The molecule has 1 atom stereocenters. The minimum atomic E-state index is -0.950. The number of hydrogen-bond acceptors (Lipinski definition) is 3. The molecule has 0 aromatic heterocycles. The van der Waals surface area contributed by atoms with Crippen LogP contribution in [-0.2, 0) is 9.59 Å². The van der Waals surface area contributed by atoms with Crippen molar-refractivity contribution >= 4 is 29.3 Å². The number of benzene rings is 1. The fraction of sp³-hybridized carbons (Fsp3) is 0.500. The average Bonchev–Trinajstić information content (AvgIpc) is 2.44. The van der Waals surface area contributed by atoms with Crippen molar-refractivity contribution in [2.45, 2.75) is 39.2 Å². The third kappa shape index (κ3) is 5.08. The summed E-state index contributed by atoms with van der Waals surface area (Å²) in [6.07, 6.45) is 3.44. The van der Waals surface area contributed by atoms with E-state index in [0.29, 0.717) is 30.7 Å². The maximum absolute atomic E-state index is 12.4. The molecule has 21 heavy (non-hydrogen) atoms. The molecule has 4 nitrogen and oxygen atoms in total. The Morgan fingerprint density at radius 1 is 1.29 bits per heavy atom. The smallest absolute Gasteiger partial charge is 0.326 e. The van der Waals surface area contributed by atoms with Crippen LogP contribution in [0.5, 0.6) is 0 Å². The van der Waals surface area contributed by atoms with Crippen LogP contribution in [0.2, 0.25) is 0 Å². The number of aliphatic carboxylic acids is 1. The van der Waals surface area contributed by atoms with Crippen LogP contribution in [0.15, 0.2) is 24.3 Å². The molecule has 1 N–H and O–H groups in total. The maximum atomic E-state index is 12.4. The van der Waals surface area contributed by atoms with Gasteiger partial charge in [-0.25, -0.2) is 4.79 Å². The summed E-state index contributed by atoms with van der Waals surface area (Å²) in [5, 5.41) is 9.50. The van der Waals surface area contributed by atoms with Crippen LogP contribution in [0.3, 0.4) is 0 Å². The lowest BCUT2D eigenvalue weighted by Gasteiger charge is -2.29. The highest BCUT2D eigenvalue weighted by atomic mass is 32.2. The zero-order valence-corrected chi connectivity index (χ0v) is 13.7. The highest BCUT2D eigenvalue weighted by Crippen LogP contribution is 2.22. The molecule has 0 aliphatic rings. The van der Waals surface area contributed by atoms with Crippen molar-refractivity contribution in [3.05, 3.63) is 29.8 Å². The minimum absolute atomic E-state index is 0.130. The predicted molar refractivity (Wildman–Crippen MR) is 88.0 cm³/mol. The Bertz CT molecular complexity index is 473. The van der Waals surface area contributed by atoms with E-state index in [-0.39, 0.29) is 5.91 Å². The molecule has 0 fully saturated rings. The standard InChI is InChI=1S/C16H23NO3S/c1-4-5-15(18)17(13-8-6-12(2)7-9-13)14(16(19)20)10-11-21-3/h6-9,14H,4-5,10-11H2,1-3H3,(H,19,20)/t14-/m0/s1. The first kappa shape index (κ1) is 17.6. The van der Waals surface area contributed by atoms with Gasteiger partial charge in [0.05, 0.1) is 0 Å². The van der Waals surface area contributed by atoms with Gasteiger partial charge in [0.25, 0.3) is 0 Å². The van der Waals surface area contributed by atoms with Crippen LogP contribution in [0.1, 0.15) is 31.7 Å². The highest BCUT2D eigenvalue weighted by Gasteiger charge is 2.30. The Labute approximate surface area is 130 Å². The Morgan fingerprint density at radius 2 is 1.90 bits per heavy atom. The van der Waals surface area contributed by atoms with E-state index < -0.39 is 12.0 Å². The van der Waals surface area contributed by atoms with Crippen LogP contribution in [0, 0.1) is 6.92 Å². The quantitative estimate of drug-likeness (QED) is 0.800. The van der Waals surface area contributed by atoms with Gasteiger partial charge in [0, 0.05) is 12.1 Å². The number of anilines is 1. The van der Waals surface area contributed by atoms with Crippen molar-refractivity contribution in [3.8, 4) is 0 Å². The summed E-state index contributed by atoms with van der Waals surface area (Å²) in [5.41, 5.74) is 1.74. The number of carbonyl (C=O) groups excluding carboxylic acids is 1. The van der Waals surface area contributed by atoms with Crippen molar-refractivity contribution in [2.24, 2.45) is 0 Å². The molecule has 1 aromatic rings. The fourth-order valence-electron chi connectivity index (χ4n) is 2.13. The van der Waals surface area contributed by atoms with E-state index in [0.717, 1.165) is 5.56 Å². The monoisotopic (exact) mass is 309 g/mol. The Morgan fingerprint density at radius 3 is 2.38 bits per heavy atom. The summed E-state index contributed by atoms with van der Waals surface area (Å²) < 4.78 is 0. The molecule has 0 aliphatic carbocycles. The van der Waals surface area contributed by atoms with E-state index >= 15 is 0 Å². The van der Waals surface area contributed by atoms with Gasteiger partial charge in [-0.2, -0.15) is 11.8 Å². The molecule has 1 amide bonds. The van der Waals surface area contributed by atoms with E-state index in [2.05, 4.69) is 0 Å². The second-order valence-electron chi connectivity index (χ2n) is 4.98. The van der Waals surface area contributed by atoms with Gasteiger partial charge in [-0.05, 0) is 43.9 Å². The maximum Gasteiger partial charge on any atom is 0.326 e. The number of carbonyl (C=O) groups is 2. The predicted octanol–water partition coefficient (Wildman–Crippen LogP) is 3.33. The first-order chi connectivity index (χ1) is 10.0. The highest BCUT2D eigenvalue weighted by molar-refractivity contribution is 7.98. The number of carboxylic acids is 1. The van der Waals surface area contributed by atoms with E-state index in [9.17, 15) is 14.7 Å². The van der Waals surface area contributed by atoms with Crippen LogP contribution < -0.4 is 4.90 Å². The first-order valence-electron chi connectivity index (χ1n) is 7.11. The summed E-state index contributed by atoms with van der Waals surface area (Å²) in [6.45, 7) is 3.88. The number of carboxylic acid groups (broad SMARTS) is 1. The van der Waals surface area contributed by atoms with Crippen LogP contribution in [0.4, 0.5) is 5.69 Å². The van der Waals surface area contributed by atoms with Crippen LogP contribution >= 0.6 is 11.8 Å². The first-order valence-corrected chi connectivity index (χ1v) is 8.51. The number of hydrogen-bond donors (Lipinski definition) is 1. The minimum Gasteiger partial charge on any atom is -0.480 e. The second-order valence-corrected chi connectivity index (χ2v) is 5.97. The van der Waals surface area contributed by atoms with Crippen molar-refractivity contribution < 1.29 is 14.7 Å². The molecule has 0 saturated carbocycles. The molecule has 0 bridgehead atoms. The van der Waals surface area contributed by atoms with Crippen molar-refractivity contribution in [1.82, 2.24) is 0 Å². The van der Waals surface area contributed by atoms with Gasteiger partial charge in [0.1, 0.15) is 6.04 Å². The van der Waals surface area contributed by atoms with E-state index in [1.165, 1.54) is 4.90 Å². The van der Waals surface area contributed by atoms with Crippen LogP contribution in [-0.4, -0.2) is 35.0 Å². The molecule has 1 rings (SSSR count). The van der Waals surface area contributed by atoms with Gasteiger partial charge in [0.2, 0.25) is 5.91 Å². The summed E-state index contributed by atoms with van der Waals surface area (Å²) >= 11 is 1.59. The van der Waals surface area contributed by atoms with Crippen molar-refractivity contribution in [2.75, 3.05) is 16.9 Å². The topological polar surface area (TPSA) is 57.6 Å². The van der Waals surface area contributed by atoms with E-state index in [1.807, 2.05) is 44.4 Å². The van der Waals surface area contributed by atoms with Crippen molar-refractivity contribution in [1.29, 1.82) is 0 Å². The van der Waals surface area contributed by atoms with Gasteiger partial charge in [-0.15, -0.1) is 0 Å². The summed E-state index contributed by atoms with van der Waals surface area (Å²) in [5.74, 6) is -0.373. The molecule has 0 heterocycles. The largest absolute Gasteiger partial charge is 0.480 e. The molecular weight excluding hydrogens is 286 g/mol. The summed E-state index contributed by atoms with van der Waals surface area (Å²) in [4.78, 5) is 25.4. The molecule has 0 saturated heterocycles. The normalized spacial score (nSPS) is 12.0. The van der Waals surface area contributed by atoms with E-state index in [4.69, 9.17) is 0 Å². The van der Waals surface area contributed by atoms with Gasteiger partial charge in [-0.3, -0.25) is 9.69 Å². The number of aryl methyl sites for hydroxylation is 1. The molecule has 0 unspecified atom stereocenters. The Balaban J connectivity index is 3.12. The van der Waals surface area contributed by atoms with Gasteiger partial charge >= 0.3 is 5.97 Å². The molecular formula is C16H23NO3S. The zero-order valence-electron chi connectivity index (χ0n) is 12.8. The van der Waals surface area contributed by atoms with Gasteiger partial charge in [-0.1, -0.05) is 24.6 Å². The van der Waals surface area contributed by atoms with Crippen molar-refractivity contribution in [3.63, 3.8) is 0 Å². The number of rotatable bonds is 8. The van der Waals surface area contributed by atoms with Crippen LogP contribution in [0.25, 0.3) is 0 Å². The number of thioether (sulfide) groups is 1. The summed E-state index contributed by atoms with van der Waals surface area (Å²) in [6, 6.07) is 6.62. The van der Waals surface area contributed by atoms with Gasteiger partial charge < -0.3 is 5.11 Å². The number of nitrogens with zero attached hydrogens (tertiary/aromatic N) is 1. The van der Waals surface area contributed by atoms with Gasteiger partial charge in [0.15, 0.2) is 0 Å². The number of amides is 1. The molecule has 0 radical (unpaired) electrons. The lowest BCUT2D eigenvalue weighted by molar-refractivity contribution is -0.140. The zero-order chi connectivity index (χ0) is 15.8. The van der Waals surface area contributed by atoms with E-state index in [1.54, 1.807) is 11.8 Å². The average molecular weight is 309 g/mol. The SMILES string of the molecule is CCCC(=O)N(c1ccc(C)cc1)[C@@H](CCSC)C(=O)O. The molecule has 5 heteroatoms. The second kappa shape index (κ2) is 8.72. The summed E-state index contributed by atoms with van der Waals surface area (Å²) in [7, 11) is 0. The Hall–Kier alpha value is -1.49. The third-order valence-corrected chi connectivity index (χ3v) is 3.88. The Kier molecular flexibility index (Phi) is 7.29. The molecule has 116 valence electrons. The third-order valence-electron chi connectivity index (χ3n) is 3.24. The molecule has 0 aliphatic heterocycles. The lowest BCUT2D eigenvalue weighted by atomic mass is 10.1. The fourth-order valence-corrected chi connectivity index (χ4v) is 2.59.